The third kappa shape index (κ3) is 3.34. The first-order valence-electron chi connectivity index (χ1n) is 7.79. The van der Waals surface area contributed by atoms with Gasteiger partial charge in [-0.25, -0.2) is 0 Å². The molecular weight excluding hydrogens is 224 g/mol. The predicted molar refractivity (Wildman–Crippen MR) is 73.5 cm³/mol. The van der Waals surface area contributed by atoms with Gasteiger partial charge in [0.15, 0.2) is 0 Å². The summed E-state index contributed by atoms with van der Waals surface area (Å²) in [5.41, 5.74) is 0. The van der Waals surface area contributed by atoms with E-state index in [2.05, 4.69) is 6.92 Å². The number of unbranched alkanes of at least 4 members (excludes halogenated alkanes) is 1. The fourth-order valence-corrected chi connectivity index (χ4v) is 4.09. The van der Waals surface area contributed by atoms with E-state index in [4.69, 9.17) is 4.74 Å². The zero-order valence-corrected chi connectivity index (χ0v) is 12.0. The Balaban J connectivity index is 1.64. The van der Waals surface area contributed by atoms with Crippen molar-refractivity contribution in [3.8, 4) is 0 Å². The van der Waals surface area contributed by atoms with Crippen LogP contribution in [-0.2, 0) is 9.53 Å². The van der Waals surface area contributed by atoms with E-state index in [1.54, 1.807) is 0 Å². The van der Waals surface area contributed by atoms with E-state index in [1.165, 1.54) is 38.5 Å². The number of hydrogen-bond donors (Lipinski definition) is 0. The molecule has 0 amide bonds. The van der Waals surface area contributed by atoms with Crippen LogP contribution in [-0.4, -0.2) is 19.0 Å². The molecule has 0 unspecified atom stereocenters. The molecular formula is C16H28O2. The van der Waals surface area contributed by atoms with Gasteiger partial charge >= 0.3 is 0 Å². The summed E-state index contributed by atoms with van der Waals surface area (Å²) in [7, 11) is 1.82. The van der Waals surface area contributed by atoms with Crippen molar-refractivity contribution in [3.05, 3.63) is 0 Å². The Morgan fingerprint density at radius 1 is 1.28 bits per heavy atom. The Bertz CT molecular complexity index is 270. The molecule has 0 aromatic heterocycles. The normalized spacial score (nSPS) is 32.8. The molecule has 0 heterocycles. The van der Waals surface area contributed by atoms with Gasteiger partial charge in [-0.2, -0.15) is 0 Å². The van der Waals surface area contributed by atoms with Crippen molar-refractivity contribution in [1.29, 1.82) is 0 Å². The molecule has 0 N–H and O–H groups in total. The van der Waals surface area contributed by atoms with Crippen LogP contribution in [0.2, 0.25) is 0 Å². The quantitative estimate of drug-likeness (QED) is 0.641. The van der Waals surface area contributed by atoms with Crippen LogP contribution in [0.5, 0.6) is 0 Å². The molecule has 2 saturated carbocycles. The molecule has 0 aromatic carbocycles. The van der Waals surface area contributed by atoms with Crippen LogP contribution in [0.3, 0.4) is 0 Å². The van der Waals surface area contributed by atoms with E-state index >= 15 is 0 Å². The average Bonchev–Trinajstić information content (AvgIpc) is 2.89. The van der Waals surface area contributed by atoms with Gasteiger partial charge in [-0.1, -0.05) is 26.2 Å². The van der Waals surface area contributed by atoms with Gasteiger partial charge in [-0.05, 0) is 43.4 Å². The van der Waals surface area contributed by atoms with Crippen LogP contribution in [0.15, 0.2) is 0 Å². The summed E-state index contributed by atoms with van der Waals surface area (Å²) >= 11 is 0. The molecule has 2 aliphatic rings. The molecule has 2 rings (SSSR count). The first-order chi connectivity index (χ1) is 8.74. The SMILES string of the molecule is CC[C@H](CCCC[C@H]1CC[C@@H]2CC(=O)C[C@H]12)OC. The number of carbonyl (C=O) groups excluding carboxylic acids is 1. The second-order valence-corrected chi connectivity index (χ2v) is 6.26. The maximum absolute atomic E-state index is 11.5. The largest absolute Gasteiger partial charge is 0.381 e. The van der Waals surface area contributed by atoms with Crippen molar-refractivity contribution in [2.24, 2.45) is 17.8 Å². The van der Waals surface area contributed by atoms with Gasteiger partial charge in [0.25, 0.3) is 0 Å². The first-order valence-corrected chi connectivity index (χ1v) is 7.79. The molecule has 0 radical (unpaired) electrons. The topological polar surface area (TPSA) is 26.3 Å². The van der Waals surface area contributed by atoms with Gasteiger partial charge in [0.1, 0.15) is 5.78 Å². The van der Waals surface area contributed by atoms with E-state index in [-0.39, 0.29) is 0 Å². The number of ether oxygens (including phenoxy) is 1. The lowest BCUT2D eigenvalue weighted by Gasteiger charge is -2.18. The van der Waals surface area contributed by atoms with E-state index < -0.39 is 0 Å². The van der Waals surface area contributed by atoms with Crippen LogP contribution in [0.1, 0.15) is 64.7 Å². The summed E-state index contributed by atoms with van der Waals surface area (Å²) in [5.74, 6) is 2.89. The number of hydrogen-bond acceptors (Lipinski definition) is 2. The Morgan fingerprint density at radius 2 is 2.11 bits per heavy atom. The minimum atomic E-state index is 0.453. The number of ketones is 1. The third-order valence-electron chi connectivity index (χ3n) is 5.21. The molecule has 0 aromatic rings. The van der Waals surface area contributed by atoms with Gasteiger partial charge < -0.3 is 4.74 Å². The highest BCUT2D eigenvalue weighted by Crippen LogP contribution is 2.47. The highest BCUT2D eigenvalue weighted by atomic mass is 16.5. The molecule has 2 heteroatoms. The summed E-state index contributed by atoms with van der Waals surface area (Å²) in [6.45, 7) is 2.19. The summed E-state index contributed by atoms with van der Waals surface area (Å²) in [4.78, 5) is 11.5. The highest BCUT2D eigenvalue weighted by Gasteiger charge is 2.42. The molecule has 2 nitrogen and oxygen atoms in total. The Hall–Kier alpha value is -0.370. The standard InChI is InChI=1S/C16H28O2/c1-3-15(18-2)7-5-4-6-12-8-9-13-10-14(17)11-16(12)13/h12-13,15-16H,3-11H2,1-2H3/t12-,13+,15+,16+/m0/s1. The molecule has 0 aliphatic heterocycles. The van der Waals surface area contributed by atoms with Crippen LogP contribution < -0.4 is 0 Å². The van der Waals surface area contributed by atoms with Crippen LogP contribution in [0.25, 0.3) is 0 Å². The zero-order valence-electron chi connectivity index (χ0n) is 12.0. The molecule has 2 aliphatic carbocycles. The number of rotatable bonds is 7. The molecule has 104 valence electrons. The molecule has 2 fully saturated rings. The molecule has 0 bridgehead atoms. The lowest BCUT2D eigenvalue weighted by molar-refractivity contribution is -0.118. The Labute approximate surface area is 111 Å². The zero-order chi connectivity index (χ0) is 13.0. The van der Waals surface area contributed by atoms with Gasteiger partial charge in [0.05, 0.1) is 6.10 Å². The summed E-state index contributed by atoms with van der Waals surface area (Å²) in [6.07, 6.45) is 11.2. The maximum Gasteiger partial charge on any atom is 0.133 e. The summed E-state index contributed by atoms with van der Waals surface area (Å²) in [6, 6.07) is 0. The van der Waals surface area contributed by atoms with Crippen molar-refractivity contribution in [2.45, 2.75) is 70.8 Å². The number of Topliss-reactive ketones (excluding diaryl/α,β-unsaturated/α-hetero) is 1. The molecule has 0 spiro atoms. The van der Waals surface area contributed by atoms with Gasteiger partial charge in [0, 0.05) is 20.0 Å². The first kappa shape index (κ1) is 14.0. The average molecular weight is 252 g/mol. The number of methoxy groups -OCH3 is 1. The van der Waals surface area contributed by atoms with Gasteiger partial charge in [0.2, 0.25) is 0 Å². The monoisotopic (exact) mass is 252 g/mol. The van der Waals surface area contributed by atoms with Gasteiger partial charge in [-0.3, -0.25) is 4.79 Å². The summed E-state index contributed by atoms with van der Waals surface area (Å²) < 4.78 is 5.41. The highest BCUT2D eigenvalue weighted by molar-refractivity contribution is 5.81. The Kier molecular flexibility index (Phi) is 5.23. The van der Waals surface area contributed by atoms with Crippen LogP contribution in [0, 0.1) is 17.8 Å². The maximum atomic E-state index is 11.5. The summed E-state index contributed by atoms with van der Waals surface area (Å²) in [5, 5.41) is 0. The van der Waals surface area contributed by atoms with E-state index in [0.717, 1.165) is 37.0 Å². The lowest BCUT2D eigenvalue weighted by Crippen LogP contribution is -2.11. The van der Waals surface area contributed by atoms with Gasteiger partial charge in [-0.15, -0.1) is 0 Å². The second kappa shape index (κ2) is 6.70. The molecule has 18 heavy (non-hydrogen) atoms. The van der Waals surface area contributed by atoms with Crippen molar-refractivity contribution in [2.75, 3.05) is 7.11 Å². The number of fused-ring (bicyclic) bond motifs is 1. The van der Waals surface area contributed by atoms with Crippen LogP contribution in [0.4, 0.5) is 0 Å². The van der Waals surface area contributed by atoms with E-state index in [1.807, 2.05) is 7.11 Å². The van der Waals surface area contributed by atoms with Crippen LogP contribution >= 0.6 is 0 Å². The smallest absolute Gasteiger partial charge is 0.133 e. The molecule has 4 atom stereocenters. The van der Waals surface area contributed by atoms with Crippen molar-refractivity contribution >= 4 is 5.78 Å². The lowest BCUT2D eigenvalue weighted by atomic mass is 9.88. The van der Waals surface area contributed by atoms with Crippen molar-refractivity contribution < 1.29 is 9.53 Å². The minimum absolute atomic E-state index is 0.453. The van der Waals surface area contributed by atoms with E-state index in [0.29, 0.717) is 11.9 Å². The minimum Gasteiger partial charge on any atom is -0.381 e. The fraction of sp³-hybridized carbons (Fsp3) is 0.938. The fourth-order valence-electron chi connectivity index (χ4n) is 4.09. The Morgan fingerprint density at radius 3 is 2.83 bits per heavy atom. The second-order valence-electron chi connectivity index (χ2n) is 6.26. The third-order valence-corrected chi connectivity index (χ3v) is 5.21. The van der Waals surface area contributed by atoms with Crippen molar-refractivity contribution in [1.82, 2.24) is 0 Å². The van der Waals surface area contributed by atoms with E-state index in [9.17, 15) is 4.79 Å². The molecule has 0 saturated heterocycles. The van der Waals surface area contributed by atoms with Crippen molar-refractivity contribution in [3.63, 3.8) is 0 Å². The predicted octanol–water partition coefficient (Wildman–Crippen LogP) is 3.98. The number of carbonyl (C=O) groups is 1.